The number of hydrogen-bond donors (Lipinski definition) is 0. The zero-order valence-corrected chi connectivity index (χ0v) is 14.9. The molecule has 0 spiro atoms. The molecule has 132 valence electrons. The smallest absolute Gasteiger partial charge is 0.262 e. The highest BCUT2D eigenvalue weighted by atomic mass is 16.1. The first-order valence-electron chi connectivity index (χ1n) is 9.20. The van der Waals surface area contributed by atoms with Crippen molar-refractivity contribution >= 4 is 16.7 Å². The summed E-state index contributed by atoms with van der Waals surface area (Å²) in [6.07, 6.45) is 2.52. The Hall–Kier alpha value is -3.40. The molecule has 5 rings (SSSR count). The van der Waals surface area contributed by atoms with Crippen molar-refractivity contribution in [1.29, 1.82) is 0 Å². The summed E-state index contributed by atoms with van der Waals surface area (Å²) in [5, 5.41) is 1.03. The van der Waals surface area contributed by atoms with Crippen molar-refractivity contribution in [3.05, 3.63) is 100 Å². The minimum absolute atomic E-state index is 0.0398. The van der Waals surface area contributed by atoms with Crippen LogP contribution in [0.2, 0.25) is 0 Å². The Morgan fingerprint density at radius 2 is 1.63 bits per heavy atom. The molecule has 4 nitrogen and oxygen atoms in total. The maximum Gasteiger partial charge on any atom is 0.262 e. The average Bonchev–Trinajstić information content (AvgIpc) is 3.14. The Morgan fingerprint density at radius 1 is 0.889 bits per heavy atom. The number of nitrogens with zero attached hydrogens (tertiary/aromatic N) is 3. The van der Waals surface area contributed by atoms with Crippen molar-refractivity contribution in [3.8, 4) is 5.69 Å². The van der Waals surface area contributed by atoms with Crippen LogP contribution in [0.5, 0.6) is 0 Å². The molecule has 0 aliphatic carbocycles. The van der Waals surface area contributed by atoms with Gasteiger partial charge in [-0.15, -0.1) is 0 Å². The van der Waals surface area contributed by atoms with Gasteiger partial charge < -0.3 is 4.90 Å². The van der Waals surface area contributed by atoms with E-state index in [2.05, 4.69) is 40.2 Å². The van der Waals surface area contributed by atoms with Crippen LogP contribution in [0.1, 0.15) is 11.1 Å². The van der Waals surface area contributed by atoms with Gasteiger partial charge in [-0.05, 0) is 36.2 Å². The van der Waals surface area contributed by atoms with E-state index in [4.69, 9.17) is 0 Å². The fourth-order valence-corrected chi connectivity index (χ4v) is 3.98. The second-order valence-electron chi connectivity index (χ2n) is 6.83. The third-order valence-corrected chi connectivity index (χ3v) is 5.18. The highest BCUT2D eigenvalue weighted by Gasteiger charge is 2.27. The zero-order chi connectivity index (χ0) is 18.2. The minimum atomic E-state index is 0.0398. The van der Waals surface area contributed by atoms with Crippen LogP contribution in [0.4, 0.5) is 5.69 Å². The molecule has 27 heavy (non-hydrogen) atoms. The van der Waals surface area contributed by atoms with Gasteiger partial charge in [0.1, 0.15) is 5.65 Å². The Morgan fingerprint density at radius 3 is 2.41 bits per heavy atom. The number of hydrogen-bond acceptors (Lipinski definition) is 3. The summed E-state index contributed by atoms with van der Waals surface area (Å²) in [5.74, 6) is 0. The summed E-state index contributed by atoms with van der Waals surface area (Å²) in [7, 11) is 0. The summed E-state index contributed by atoms with van der Waals surface area (Å²) >= 11 is 0. The van der Waals surface area contributed by atoms with Crippen LogP contribution in [0, 0.1) is 0 Å². The molecule has 0 saturated heterocycles. The number of benzene rings is 2. The third-order valence-electron chi connectivity index (χ3n) is 5.18. The molecular weight excluding hydrogens is 334 g/mol. The highest BCUT2D eigenvalue weighted by molar-refractivity contribution is 5.93. The first-order valence-corrected chi connectivity index (χ1v) is 9.20. The summed E-state index contributed by atoms with van der Waals surface area (Å²) in [5.41, 5.74) is 4.78. The minimum Gasteiger partial charge on any atom is -0.366 e. The molecule has 0 amide bonds. The Bertz CT molecular complexity index is 1170. The molecule has 2 aromatic heterocycles. The van der Waals surface area contributed by atoms with Crippen molar-refractivity contribution in [2.24, 2.45) is 0 Å². The van der Waals surface area contributed by atoms with Crippen LogP contribution in [0.15, 0.2) is 83.8 Å². The summed E-state index contributed by atoms with van der Waals surface area (Å²) < 4.78 is 1.75. The van der Waals surface area contributed by atoms with Gasteiger partial charge in [-0.1, -0.05) is 48.5 Å². The van der Waals surface area contributed by atoms with E-state index in [1.54, 1.807) is 10.8 Å². The fourth-order valence-electron chi connectivity index (χ4n) is 3.98. The average molecular weight is 353 g/mol. The summed E-state index contributed by atoms with van der Waals surface area (Å²) in [4.78, 5) is 20.3. The molecule has 0 bridgehead atoms. The quantitative estimate of drug-likeness (QED) is 0.560. The van der Waals surface area contributed by atoms with E-state index in [0.29, 0.717) is 5.65 Å². The zero-order valence-electron chi connectivity index (χ0n) is 14.9. The van der Waals surface area contributed by atoms with Crippen LogP contribution >= 0.6 is 0 Å². The molecule has 4 aromatic rings. The normalized spacial score (nSPS) is 13.1. The van der Waals surface area contributed by atoms with Gasteiger partial charge in [0, 0.05) is 30.2 Å². The van der Waals surface area contributed by atoms with Crippen LogP contribution in [0.3, 0.4) is 0 Å². The lowest BCUT2D eigenvalue weighted by molar-refractivity contribution is 0.837. The first-order chi connectivity index (χ1) is 13.3. The Labute approximate surface area is 157 Å². The van der Waals surface area contributed by atoms with Crippen LogP contribution in [0.25, 0.3) is 16.7 Å². The summed E-state index contributed by atoms with van der Waals surface area (Å²) in [6, 6.07) is 24.2. The number of anilines is 1. The summed E-state index contributed by atoms with van der Waals surface area (Å²) in [6.45, 7) is 1.65. The number of rotatable bonds is 3. The molecule has 1 aliphatic heterocycles. The molecular formula is C23H19N3O. The van der Waals surface area contributed by atoms with Gasteiger partial charge in [0.25, 0.3) is 5.56 Å². The van der Waals surface area contributed by atoms with Crippen LogP contribution in [-0.2, 0) is 13.0 Å². The molecule has 0 N–H and O–H groups in total. The van der Waals surface area contributed by atoms with Gasteiger partial charge in [-0.25, -0.2) is 4.98 Å². The van der Waals surface area contributed by atoms with Crippen molar-refractivity contribution < 1.29 is 0 Å². The molecule has 4 heteroatoms. The van der Waals surface area contributed by atoms with Crippen molar-refractivity contribution in [2.75, 3.05) is 11.4 Å². The second-order valence-corrected chi connectivity index (χ2v) is 6.83. The maximum atomic E-state index is 13.4. The first kappa shape index (κ1) is 15.8. The molecule has 0 unspecified atom stereocenters. The Kier molecular flexibility index (Phi) is 3.75. The standard InChI is InChI=1S/C23H19N3O/c27-23-20-13-15-25(16-17-8-3-1-4-9-17)21(20)19-12-7-14-24-22(19)26(23)18-10-5-2-6-11-18/h1-12,14H,13,15-16H2. The molecule has 0 saturated carbocycles. The van der Waals surface area contributed by atoms with E-state index in [1.165, 1.54) is 5.56 Å². The molecule has 2 aromatic carbocycles. The monoisotopic (exact) mass is 353 g/mol. The van der Waals surface area contributed by atoms with Crippen LogP contribution < -0.4 is 10.5 Å². The van der Waals surface area contributed by atoms with E-state index in [0.717, 1.165) is 41.8 Å². The van der Waals surface area contributed by atoms with Gasteiger partial charge in [0.05, 0.1) is 11.4 Å². The predicted molar refractivity (Wildman–Crippen MR) is 109 cm³/mol. The third kappa shape index (κ3) is 2.61. The van der Waals surface area contributed by atoms with E-state index < -0.39 is 0 Å². The van der Waals surface area contributed by atoms with E-state index in [9.17, 15) is 4.79 Å². The molecule has 1 aliphatic rings. The Balaban J connectivity index is 1.73. The fraction of sp³-hybridized carbons (Fsp3) is 0.130. The SMILES string of the molecule is O=c1c2c(c3cccnc3n1-c1ccccc1)N(Cc1ccccc1)CC2. The van der Waals surface area contributed by atoms with Crippen molar-refractivity contribution in [2.45, 2.75) is 13.0 Å². The van der Waals surface area contributed by atoms with E-state index >= 15 is 0 Å². The number of fused-ring (bicyclic) bond motifs is 3. The van der Waals surface area contributed by atoms with E-state index in [1.807, 2.05) is 42.5 Å². The molecule has 0 fully saturated rings. The highest BCUT2D eigenvalue weighted by Crippen LogP contribution is 2.34. The maximum absolute atomic E-state index is 13.4. The predicted octanol–water partition coefficient (Wildman–Crippen LogP) is 3.95. The van der Waals surface area contributed by atoms with Gasteiger partial charge >= 0.3 is 0 Å². The van der Waals surface area contributed by atoms with E-state index in [-0.39, 0.29) is 5.56 Å². The van der Waals surface area contributed by atoms with Gasteiger partial charge in [0.15, 0.2) is 0 Å². The molecule has 0 radical (unpaired) electrons. The lowest BCUT2D eigenvalue weighted by atomic mass is 10.1. The number of para-hydroxylation sites is 1. The molecule has 0 atom stereocenters. The largest absolute Gasteiger partial charge is 0.366 e. The van der Waals surface area contributed by atoms with Gasteiger partial charge in [-0.2, -0.15) is 0 Å². The van der Waals surface area contributed by atoms with Gasteiger partial charge in [-0.3, -0.25) is 9.36 Å². The lowest BCUT2D eigenvalue weighted by Crippen LogP contribution is -2.24. The molecule has 3 heterocycles. The number of aromatic nitrogens is 2. The van der Waals surface area contributed by atoms with Crippen molar-refractivity contribution in [3.63, 3.8) is 0 Å². The van der Waals surface area contributed by atoms with Crippen LogP contribution in [-0.4, -0.2) is 16.1 Å². The lowest BCUT2D eigenvalue weighted by Gasteiger charge is -2.22. The topological polar surface area (TPSA) is 38.1 Å². The van der Waals surface area contributed by atoms with Crippen molar-refractivity contribution in [1.82, 2.24) is 9.55 Å². The second kappa shape index (κ2) is 6.40. The number of pyridine rings is 2. The van der Waals surface area contributed by atoms with Gasteiger partial charge in [0.2, 0.25) is 0 Å².